The molecular formula is C45H45FIrN2OSi-2. The van der Waals surface area contributed by atoms with Gasteiger partial charge in [-0.25, -0.2) is 0 Å². The van der Waals surface area contributed by atoms with Crippen molar-refractivity contribution in [3.05, 3.63) is 137 Å². The van der Waals surface area contributed by atoms with Crippen molar-refractivity contribution in [1.82, 2.24) is 9.97 Å². The number of aromatic nitrogens is 2. The zero-order valence-electron chi connectivity index (χ0n) is 37.8. The maximum atomic E-state index is 12.7. The topological polar surface area (TPSA) is 38.9 Å². The molecule has 1 radical (unpaired) electrons. The van der Waals surface area contributed by atoms with Crippen LogP contribution >= 0.6 is 0 Å². The van der Waals surface area contributed by atoms with Crippen molar-refractivity contribution in [2.45, 2.75) is 72.9 Å². The molecule has 0 unspecified atom stereocenters. The third kappa shape index (κ3) is 8.15. The first kappa shape index (κ1) is 28.4. The summed E-state index contributed by atoms with van der Waals surface area (Å²) >= 11 is 0. The first-order valence-electron chi connectivity index (χ1n) is 20.7. The van der Waals surface area contributed by atoms with E-state index in [0.717, 1.165) is 32.7 Å². The van der Waals surface area contributed by atoms with E-state index in [1.54, 1.807) is 18.2 Å². The van der Waals surface area contributed by atoms with Gasteiger partial charge in [0.05, 0.1) is 16.4 Å². The minimum absolute atomic E-state index is 0. The molecule has 0 atom stereocenters. The van der Waals surface area contributed by atoms with Crippen molar-refractivity contribution in [2.75, 3.05) is 0 Å². The number of fused-ring (bicyclic) bond motifs is 3. The van der Waals surface area contributed by atoms with Gasteiger partial charge < -0.3 is 14.4 Å². The molecule has 0 fully saturated rings. The van der Waals surface area contributed by atoms with Crippen LogP contribution in [-0.2, 0) is 20.1 Å². The number of hydrogen-bond acceptors (Lipinski definition) is 3. The normalized spacial score (nSPS) is 14.3. The van der Waals surface area contributed by atoms with Crippen LogP contribution in [0.15, 0.2) is 102 Å². The SMILES string of the molecule is [2H]C([2H])([2H])c1ccc(-c2[c-]cc(F)cc2)nc1.[2H]c1c(C(C)C)c(-c2cc(-c3[c-]ccc4c3oc3ccccc34)ncc2C([2H])([2H])[2H])c(C(C)C)c([2H])c1[Si](C)(C)C.[Ir]. The Kier molecular flexibility index (Phi) is 8.66. The molecule has 0 aliphatic heterocycles. The molecule has 51 heavy (non-hydrogen) atoms. The largest absolute Gasteiger partial charge is 0.501 e. The third-order valence-corrected chi connectivity index (χ3v) is 10.3. The van der Waals surface area contributed by atoms with Crippen LogP contribution in [-0.4, -0.2) is 18.0 Å². The van der Waals surface area contributed by atoms with Crippen LogP contribution in [0.25, 0.3) is 55.6 Å². The summed E-state index contributed by atoms with van der Waals surface area (Å²) < 4.78 is 84.6. The van der Waals surface area contributed by atoms with E-state index in [-0.39, 0.29) is 48.9 Å². The molecule has 263 valence electrons. The number of furan rings is 1. The predicted octanol–water partition coefficient (Wildman–Crippen LogP) is 12.2. The number of rotatable bonds is 6. The molecule has 0 saturated heterocycles. The molecular weight excluding hydrogens is 824 g/mol. The summed E-state index contributed by atoms with van der Waals surface area (Å²) in [5.74, 6) is -0.484. The van der Waals surface area contributed by atoms with Crippen LogP contribution in [0.4, 0.5) is 4.39 Å². The molecule has 0 aliphatic carbocycles. The van der Waals surface area contributed by atoms with Gasteiger partial charge in [-0.3, -0.25) is 4.39 Å². The zero-order valence-corrected chi connectivity index (χ0v) is 33.1. The van der Waals surface area contributed by atoms with Crippen LogP contribution in [0.3, 0.4) is 0 Å². The van der Waals surface area contributed by atoms with Crippen molar-refractivity contribution in [2.24, 2.45) is 0 Å². The molecule has 0 amide bonds. The van der Waals surface area contributed by atoms with Crippen molar-refractivity contribution >= 4 is 35.2 Å². The van der Waals surface area contributed by atoms with Gasteiger partial charge in [-0.2, -0.15) is 0 Å². The molecule has 0 saturated carbocycles. The molecule has 3 heterocycles. The van der Waals surface area contributed by atoms with E-state index in [0.29, 0.717) is 51.3 Å². The van der Waals surface area contributed by atoms with Gasteiger partial charge in [0.2, 0.25) is 0 Å². The number of halogens is 1. The molecule has 3 aromatic heterocycles. The van der Waals surface area contributed by atoms with Gasteiger partial charge in [0.15, 0.2) is 0 Å². The first-order valence-corrected chi connectivity index (χ1v) is 20.2. The average molecular weight is 877 g/mol. The zero-order chi connectivity index (χ0) is 42.5. The Labute approximate surface area is 328 Å². The maximum absolute atomic E-state index is 12.7. The summed E-state index contributed by atoms with van der Waals surface area (Å²) in [6.07, 6.45) is 2.74. The average Bonchev–Trinajstić information content (AvgIpc) is 3.52. The fourth-order valence-electron chi connectivity index (χ4n) is 5.90. The molecule has 0 aliphatic rings. The Morgan fingerprint density at radius 3 is 2.16 bits per heavy atom. The molecule has 3 nitrogen and oxygen atoms in total. The number of pyridine rings is 2. The third-order valence-electron chi connectivity index (χ3n) is 8.54. The smallest absolute Gasteiger partial charge is 0.120 e. The Bertz CT molecular complexity index is 2580. The molecule has 0 bridgehead atoms. The second-order valence-corrected chi connectivity index (χ2v) is 19.0. The summed E-state index contributed by atoms with van der Waals surface area (Å²) in [6, 6.07) is 27.3. The number of benzene rings is 4. The quantitative estimate of drug-likeness (QED) is 0.123. The molecule has 7 rings (SSSR count). The Balaban J connectivity index is 0.000000307. The van der Waals surface area contributed by atoms with E-state index in [4.69, 9.17) is 12.6 Å². The summed E-state index contributed by atoms with van der Waals surface area (Å²) in [7, 11) is -2.08. The minimum atomic E-state index is -2.44. The van der Waals surface area contributed by atoms with Crippen molar-refractivity contribution in [3.8, 4) is 33.6 Å². The second-order valence-electron chi connectivity index (χ2n) is 14.0. The van der Waals surface area contributed by atoms with Crippen LogP contribution in [0, 0.1) is 31.7 Å². The molecule has 0 spiro atoms. The van der Waals surface area contributed by atoms with Crippen molar-refractivity contribution in [3.63, 3.8) is 0 Å². The fourth-order valence-corrected chi connectivity index (χ4v) is 6.92. The first-order chi connectivity index (χ1) is 27.1. The number of aryl methyl sites for hydroxylation is 2. The predicted molar refractivity (Wildman–Crippen MR) is 210 cm³/mol. The Morgan fingerprint density at radius 2 is 1.55 bits per heavy atom. The van der Waals surface area contributed by atoms with Gasteiger partial charge in [-0.05, 0) is 76.4 Å². The van der Waals surface area contributed by atoms with Crippen molar-refractivity contribution in [1.29, 1.82) is 0 Å². The fraction of sp³-hybridized carbons (Fsp3) is 0.244. The van der Waals surface area contributed by atoms with E-state index in [2.05, 4.69) is 41.7 Å². The van der Waals surface area contributed by atoms with Gasteiger partial charge >= 0.3 is 0 Å². The molecule has 0 N–H and O–H groups in total. The van der Waals surface area contributed by atoms with Gasteiger partial charge in [-0.1, -0.05) is 112 Å². The second kappa shape index (κ2) is 15.6. The molecule has 4 aromatic carbocycles. The minimum Gasteiger partial charge on any atom is -0.501 e. The van der Waals surface area contributed by atoms with Gasteiger partial charge in [0.1, 0.15) is 5.58 Å². The molecule has 6 heteroatoms. The summed E-state index contributed by atoms with van der Waals surface area (Å²) in [4.78, 5) is 8.67. The van der Waals surface area contributed by atoms with Crippen LogP contribution in [0.5, 0.6) is 0 Å². The van der Waals surface area contributed by atoms with Gasteiger partial charge in [0, 0.05) is 51.9 Å². The summed E-state index contributed by atoms with van der Waals surface area (Å²) in [5, 5.41) is 2.74. The number of para-hydroxylation sites is 1. The Morgan fingerprint density at radius 1 is 0.824 bits per heavy atom. The van der Waals surface area contributed by atoms with Crippen LogP contribution in [0.2, 0.25) is 19.6 Å². The van der Waals surface area contributed by atoms with Crippen LogP contribution < -0.4 is 5.19 Å². The summed E-state index contributed by atoms with van der Waals surface area (Å²) in [6.45, 7) is 10.0. The Hall–Kier alpha value is -4.22. The van der Waals surface area contributed by atoms with Gasteiger partial charge in [-0.15, -0.1) is 48.0 Å². The van der Waals surface area contributed by atoms with Gasteiger partial charge in [0.25, 0.3) is 0 Å². The van der Waals surface area contributed by atoms with E-state index in [1.807, 2.05) is 64.1 Å². The van der Waals surface area contributed by atoms with Crippen molar-refractivity contribution < 1.29 is 39.9 Å². The summed E-state index contributed by atoms with van der Waals surface area (Å²) in [5.41, 5.74) is 6.81. The van der Waals surface area contributed by atoms with E-state index < -0.39 is 21.8 Å². The van der Waals surface area contributed by atoms with E-state index in [1.165, 1.54) is 30.6 Å². The van der Waals surface area contributed by atoms with Crippen LogP contribution in [0.1, 0.15) is 72.8 Å². The standard InChI is InChI=1S/C33H36NOSi.C12H9FN.Ir/c1-20(2)27-16-23(36(6,7)8)17-28(21(3)4)32(27)29-18-30(34-19-22(29)5)26-14-11-13-25-24-12-9-10-15-31(24)35-33(25)26;1-9-2-7-12(14-8-9)10-3-5-11(13)6-4-10;/h9-13,15-21H,1-8H3;2-3,5-8H,1H3;/q2*-1;/i5D3,16D,17D;1D3;. The van der Waals surface area contributed by atoms with E-state index in [9.17, 15) is 7.13 Å². The monoisotopic (exact) mass is 877 g/mol. The number of nitrogens with zero attached hydrogens (tertiary/aromatic N) is 2. The molecule has 7 aromatic rings. The van der Waals surface area contributed by atoms with E-state index >= 15 is 0 Å². The number of hydrogen-bond donors (Lipinski definition) is 0. The maximum Gasteiger partial charge on any atom is 0.120 e.